The molecule has 0 spiro atoms. The van der Waals surface area contributed by atoms with Gasteiger partial charge in [0.25, 0.3) is 0 Å². The first-order chi connectivity index (χ1) is 13.0. The summed E-state index contributed by atoms with van der Waals surface area (Å²) in [6.07, 6.45) is 4.90. The van der Waals surface area contributed by atoms with E-state index in [4.69, 9.17) is 11.6 Å². The molecule has 1 N–H and O–H groups in total. The molecule has 7 heteroatoms. The van der Waals surface area contributed by atoms with Crippen molar-refractivity contribution >= 4 is 32.3 Å². The maximum Gasteiger partial charge on any atom is 0.210 e. The average Bonchev–Trinajstić information content (AvgIpc) is 3.01. The zero-order valence-corrected chi connectivity index (χ0v) is 16.2. The van der Waals surface area contributed by atoms with Crippen molar-refractivity contribution in [3.05, 3.63) is 59.5 Å². The highest BCUT2D eigenvalue weighted by Gasteiger charge is 2.26. The van der Waals surface area contributed by atoms with Crippen molar-refractivity contribution in [2.45, 2.75) is 41.6 Å². The standard InChI is InChI=1S/C20H20ClFN2O2S/c21-17-6-1-2-7-19(17)27(25,26)20-13-24(12-15-5-3-4-10-23-15)18-11-14(22)8-9-16(18)20/h1-2,6-9,11,13,15,23H,3-5,10,12H2. The van der Waals surface area contributed by atoms with Crippen molar-refractivity contribution < 1.29 is 12.8 Å². The molecule has 4 nitrogen and oxygen atoms in total. The Kier molecular flexibility index (Phi) is 4.97. The number of nitrogens with one attached hydrogen (secondary N) is 1. The van der Waals surface area contributed by atoms with Gasteiger partial charge in [-0.2, -0.15) is 0 Å². The number of sulfone groups is 1. The minimum Gasteiger partial charge on any atom is -0.344 e. The van der Waals surface area contributed by atoms with E-state index in [0.29, 0.717) is 17.4 Å². The third-order valence-electron chi connectivity index (χ3n) is 5.05. The summed E-state index contributed by atoms with van der Waals surface area (Å²) in [7, 11) is -3.82. The van der Waals surface area contributed by atoms with Gasteiger partial charge in [0.05, 0.1) is 20.3 Å². The van der Waals surface area contributed by atoms with Crippen molar-refractivity contribution in [1.82, 2.24) is 9.88 Å². The van der Waals surface area contributed by atoms with Gasteiger partial charge in [0.2, 0.25) is 9.84 Å². The fraction of sp³-hybridized carbons (Fsp3) is 0.300. The number of hydrogen-bond donors (Lipinski definition) is 1. The lowest BCUT2D eigenvalue weighted by molar-refractivity contribution is 0.366. The summed E-state index contributed by atoms with van der Waals surface area (Å²) in [5, 5.41) is 4.13. The highest BCUT2D eigenvalue weighted by Crippen LogP contribution is 2.34. The van der Waals surface area contributed by atoms with E-state index in [1.54, 1.807) is 24.4 Å². The third kappa shape index (κ3) is 3.49. The van der Waals surface area contributed by atoms with Crippen LogP contribution in [0.5, 0.6) is 0 Å². The molecule has 3 aromatic rings. The first-order valence-electron chi connectivity index (χ1n) is 8.98. The molecule has 1 unspecified atom stereocenters. The summed E-state index contributed by atoms with van der Waals surface area (Å²) in [6.45, 7) is 1.54. The van der Waals surface area contributed by atoms with E-state index in [2.05, 4.69) is 5.32 Å². The van der Waals surface area contributed by atoms with Crippen LogP contribution in [0, 0.1) is 5.82 Å². The highest BCUT2D eigenvalue weighted by molar-refractivity contribution is 7.91. The topological polar surface area (TPSA) is 51.1 Å². The Morgan fingerprint density at radius 3 is 2.70 bits per heavy atom. The fourth-order valence-electron chi connectivity index (χ4n) is 3.69. The monoisotopic (exact) mass is 406 g/mol. The summed E-state index contributed by atoms with van der Waals surface area (Å²) >= 11 is 6.14. The number of hydrogen-bond acceptors (Lipinski definition) is 3. The van der Waals surface area contributed by atoms with E-state index in [9.17, 15) is 12.8 Å². The van der Waals surface area contributed by atoms with Gasteiger partial charge >= 0.3 is 0 Å². The lowest BCUT2D eigenvalue weighted by Crippen LogP contribution is -2.37. The summed E-state index contributed by atoms with van der Waals surface area (Å²) in [6, 6.07) is 10.8. The Bertz CT molecular complexity index is 1090. The first kappa shape index (κ1) is 18.5. The summed E-state index contributed by atoms with van der Waals surface area (Å²) in [4.78, 5) is 0.215. The molecule has 27 heavy (non-hydrogen) atoms. The first-order valence-corrected chi connectivity index (χ1v) is 10.8. The molecule has 1 atom stereocenters. The summed E-state index contributed by atoms with van der Waals surface area (Å²) < 4.78 is 42.2. The van der Waals surface area contributed by atoms with Gasteiger partial charge in [-0.3, -0.25) is 0 Å². The van der Waals surface area contributed by atoms with Crippen LogP contribution in [-0.2, 0) is 16.4 Å². The molecular weight excluding hydrogens is 387 g/mol. The van der Waals surface area contributed by atoms with Crippen LogP contribution in [0.2, 0.25) is 5.02 Å². The largest absolute Gasteiger partial charge is 0.344 e. The third-order valence-corrected chi connectivity index (χ3v) is 7.33. The van der Waals surface area contributed by atoms with Crippen LogP contribution in [0.1, 0.15) is 19.3 Å². The van der Waals surface area contributed by atoms with Crippen LogP contribution >= 0.6 is 11.6 Å². The van der Waals surface area contributed by atoms with Crippen molar-refractivity contribution in [3.63, 3.8) is 0 Å². The van der Waals surface area contributed by atoms with Crippen LogP contribution in [0.25, 0.3) is 10.9 Å². The lowest BCUT2D eigenvalue weighted by atomic mass is 10.1. The second-order valence-electron chi connectivity index (χ2n) is 6.89. The van der Waals surface area contributed by atoms with Gasteiger partial charge in [0.1, 0.15) is 5.82 Å². The summed E-state index contributed by atoms with van der Waals surface area (Å²) in [5.74, 6) is -0.389. The van der Waals surface area contributed by atoms with E-state index in [0.717, 1.165) is 25.8 Å². The van der Waals surface area contributed by atoms with E-state index >= 15 is 0 Å². The second kappa shape index (κ2) is 7.26. The van der Waals surface area contributed by atoms with E-state index in [1.165, 1.54) is 24.3 Å². The molecule has 1 aliphatic rings. The Morgan fingerprint density at radius 1 is 1.15 bits per heavy atom. The average molecular weight is 407 g/mol. The normalized spacial score (nSPS) is 18.1. The van der Waals surface area contributed by atoms with Gasteiger partial charge in [0.15, 0.2) is 0 Å². The van der Waals surface area contributed by atoms with Gasteiger partial charge in [-0.25, -0.2) is 12.8 Å². The molecule has 0 radical (unpaired) electrons. The Morgan fingerprint density at radius 2 is 1.96 bits per heavy atom. The molecule has 1 aromatic heterocycles. The van der Waals surface area contributed by atoms with Gasteiger partial charge in [-0.15, -0.1) is 0 Å². The molecule has 142 valence electrons. The van der Waals surface area contributed by atoms with Crippen LogP contribution in [0.15, 0.2) is 58.5 Å². The Labute approximate surface area is 162 Å². The predicted molar refractivity (Wildman–Crippen MR) is 104 cm³/mol. The second-order valence-corrected chi connectivity index (χ2v) is 9.18. The lowest BCUT2D eigenvalue weighted by Gasteiger charge is -2.24. The molecule has 1 aliphatic heterocycles. The van der Waals surface area contributed by atoms with Crippen molar-refractivity contribution in [3.8, 4) is 0 Å². The summed E-state index contributed by atoms with van der Waals surface area (Å²) in [5.41, 5.74) is 0.577. The molecule has 4 rings (SSSR count). The number of piperidine rings is 1. The van der Waals surface area contributed by atoms with Crippen LogP contribution in [-0.4, -0.2) is 25.6 Å². The Balaban J connectivity index is 1.85. The highest BCUT2D eigenvalue weighted by atomic mass is 35.5. The minimum atomic E-state index is -3.82. The van der Waals surface area contributed by atoms with Crippen molar-refractivity contribution in [1.29, 1.82) is 0 Å². The zero-order valence-electron chi connectivity index (χ0n) is 14.7. The number of rotatable bonds is 4. The number of aromatic nitrogens is 1. The molecule has 1 fully saturated rings. The number of halogens is 2. The number of benzene rings is 2. The number of nitrogens with zero attached hydrogens (tertiary/aromatic N) is 1. The quantitative estimate of drug-likeness (QED) is 0.698. The zero-order chi connectivity index (χ0) is 19.0. The SMILES string of the molecule is O=S(=O)(c1ccccc1Cl)c1cn(CC2CCCCN2)c2cc(F)ccc12. The molecule has 1 saturated heterocycles. The maximum atomic E-state index is 13.9. The van der Waals surface area contributed by atoms with Crippen molar-refractivity contribution in [2.24, 2.45) is 0 Å². The smallest absolute Gasteiger partial charge is 0.210 e. The van der Waals surface area contributed by atoms with E-state index < -0.39 is 9.84 Å². The molecule has 2 heterocycles. The van der Waals surface area contributed by atoms with Gasteiger partial charge in [0, 0.05) is 24.2 Å². The van der Waals surface area contributed by atoms with Gasteiger partial charge < -0.3 is 9.88 Å². The minimum absolute atomic E-state index is 0.0610. The molecule has 0 bridgehead atoms. The number of fused-ring (bicyclic) bond motifs is 1. The molecule has 2 aromatic carbocycles. The molecule has 0 amide bonds. The van der Waals surface area contributed by atoms with Gasteiger partial charge in [-0.1, -0.05) is 30.2 Å². The van der Waals surface area contributed by atoms with E-state index in [-0.39, 0.29) is 26.7 Å². The fourth-order valence-corrected chi connectivity index (χ4v) is 5.68. The molecule has 0 saturated carbocycles. The van der Waals surface area contributed by atoms with E-state index in [1.807, 2.05) is 4.57 Å². The van der Waals surface area contributed by atoms with Crippen LogP contribution in [0.4, 0.5) is 4.39 Å². The Hall–Kier alpha value is -1.89. The molecular formula is C20H20ClFN2O2S. The predicted octanol–water partition coefficient (Wildman–Crippen LogP) is 4.41. The molecule has 0 aliphatic carbocycles. The van der Waals surface area contributed by atoms with Crippen LogP contribution < -0.4 is 5.32 Å². The van der Waals surface area contributed by atoms with Gasteiger partial charge in [-0.05, 0) is 49.7 Å². The van der Waals surface area contributed by atoms with Crippen molar-refractivity contribution in [2.75, 3.05) is 6.54 Å². The maximum absolute atomic E-state index is 13.9. The van der Waals surface area contributed by atoms with Crippen LogP contribution in [0.3, 0.4) is 0 Å².